The van der Waals surface area contributed by atoms with Gasteiger partial charge in [0.25, 0.3) is 0 Å². The molecule has 2 rings (SSSR count). The maximum Gasteiger partial charge on any atom is 0.220 e. The summed E-state index contributed by atoms with van der Waals surface area (Å²) in [5, 5.41) is 6.16. The summed E-state index contributed by atoms with van der Waals surface area (Å²) in [6, 6.07) is 5.07. The van der Waals surface area contributed by atoms with Crippen LogP contribution in [0.3, 0.4) is 0 Å². The highest BCUT2D eigenvalue weighted by Crippen LogP contribution is 2.14. The van der Waals surface area contributed by atoms with Crippen LogP contribution in [0.4, 0.5) is 4.39 Å². The maximum atomic E-state index is 13.4. The van der Waals surface area contributed by atoms with Gasteiger partial charge < -0.3 is 10.6 Å². The van der Waals surface area contributed by atoms with Crippen LogP contribution < -0.4 is 10.6 Å². The van der Waals surface area contributed by atoms with E-state index in [0.29, 0.717) is 24.4 Å². The summed E-state index contributed by atoms with van der Waals surface area (Å²) >= 11 is 0. The van der Waals surface area contributed by atoms with Crippen LogP contribution in [0.2, 0.25) is 0 Å². The molecule has 4 heteroatoms. The molecule has 1 amide bonds. The highest BCUT2D eigenvalue weighted by Gasteiger charge is 2.16. The van der Waals surface area contributed by atoms with Crippen LogP contribution in [-0.4, -0.2) is 19.0 Å². The lowest BCUT2D eigenvalue weighted by atomic mass is 9.96. The van der Waals surface area contributed by atoms with Crippen molar-refractivity contribution >= 4 is 5.91 Å². The first kappa shape index (κ1) is 14.0. The molecule has 0 radical (unpaired) electrons. The van der Waals surface area contributed by atoms with Gasteiger partial charge in [-0.25, -0.2) is 4.39 Å². The molecule has 19 heavy (non-hydrogen) atoms. The van der Waals surface area contributed by atoms with Gasteiger partial charge in [-0.3, -0.25) is 4.79 Å². The Hall–Kier alpha value is -1.42. The van der Waals surface area contributed by atoms with Crippen molar-refractivity contribution in [1.82, 2.24) is 10.6 Å². The lowest BCUT2D eigenvalue weighted by Crippen LogP contribution is -2.34. The fraction of sp³-hybridized carbons (Fsp3) is 0.533. The summed E-state index contributed by atoms with van der Waals surface area (Å²) in [5.74, 6) is 0.265. The Morgan fingerprint density at radius 1 is 1.53 bits per heavy atom. The Labute approximate surface area is 113 Å². The summed E-state index contributed by atoms with van der Waals surface area (Å²) in [6.45, 7) is 4.11. The molecular formula is C15H21FN2O. The van der Waals surface area contributed by atoms with Crippen molar-refractivity contribution in [2.75, 3.05) is 13.1 Å². The molecule has 0 saturated carbocycles. The molecular weight excluding hydrogens is 243 g/mol. The Bertz CT molecular complexity index is 442. The smallest absolute Gasteiger partial charge is 0.220 e. The summed E-state index contributed by atoms with van der Waals surface area (Å²) in [7, 11) is 0. The number of hydrogen-bond donors (Lipinski definition) is 2. The number of benzene rings is 1. The molecule has 0 aliphatic carbocycles. The minimum Gasteiger partial charge on any atom is -0.352 e. The number of carbonyl (C=O) groups excluding carboxylic acids is 1. The van der Waals surface area contributed by atoms with Gasteiger partial charge >= 0.3 is 0 Å². The van der Waals surface area contributed by atoms with Crippen molar-refractivity contribution in [1.29, 1.82) is 0 Å². The van der Waals surface area contributed by atoms with Gasteiger partial charge in [-0.15, -0.1) is 0 Å². The largest absolute Gasteiger partial charge is 0.352 e. The standard InChI is InChI=1S/C15H21FN2O/c1-11-4-5-13(7-14(11)16)10-18-15(19)8-12-3-2-6-17-9-12/h4-5,7,12,17H,2-3,6,8-10H2,1H3,(H,18,19). The summed E-state index contributed by atoms with van der Waals surface area (Å²) in [4.78, 5) is 11.8. The topological polar surface area (TPSA) is 41.1 Å². The van der Waals surface area contributed by atoms with Gasteiger partial charge in [0.2, 0.25) is 5.91 Å². The van der Waals surface area contributed by atoms with Crippen LogP contribution in [-0.2, 0) is 11.3 Å². The first-order valence-corrected chi connectivity index (χ1v) is 6.87. The highest BCUT2D eigenvalue weighted by molar-refractivity contribution is 5.76. The molecule has 2 N–H and O–H groups in total. The molecule has 1 saturated heterocycles. The first-order chi connectivity index (χ1) is 9.15. The molecule has 1 aromatic carbocycles. The van der Waals surface area contributed by atoms with Gasteiger partial charge in [0.05, 0.1) is 0 Å². The second-order valence-electron chi connectivity index (χ2n) is 5.28. The van der Waals surface area contributed by atoms with Crippen LogP contribution in [0.1, 0.15) is 30.4 Å². The van der Waals surface area contributed by atoms with Gasteiger partial charge in [-0.1, -0.05) is 12.1 Å². The van der Waals surface area contributed by atoms with Crippen molar-refractivity contribution in [3.8, 4) is 0 Å². The van der Waals surface area contributed by atoms with Gasteiger partial charge in [0.15, 0.2) is 0 Å². The van der Waals surface area contributed by atoms with Crippen LogP contribution in [0.25, 0.3) is 0 Å². The minimum atomic E-state index is -0.219. The van der Waals surface area contributed by atoms with Crippen molar-refractivity contribution in [2.24, 2.45) is 5.92 Å². The van der Waals surface area contributed by atoms with E-state index in [9.17, 15) is 9.18 Å². The van der Waals surface area contributed by atoms with Crippen LogP contribution >= 0.6 is 0 Å². The average molecular weight is 264 g/mol. The number of nitrogens with one attached hydrogen (secondary N) is 2. The second kappa shape index (κ2) is 6.66. The number of halogens is 1. The maximum absolute atomic E-state index is 13.4. The molecule has 1 atom stereocenters. The van der Waals surface area contributed by atoms with E-state index in [-0.39, 0.29) is 11.7 Å². The van der Waals surface area contributed by atoms with E-state index in [0.717, 1.165) is 31.5 Å². The summed E-state index contributed by atoms with van der Waals surface area (Å²) < 4.78 is 13.4. The first-order valence-electron chi connectivity index (χ1n) is 6.87. The van der Waals surface area contributed by atoms with Gasteiger partial charge in [0.1, 0.15) is 5.82 Å². The molecule has 3 nitrogen and oxygen atoms in total. The Balaban J connectivity index is 1.77. The second-order valence-corrected chi connectivity index (χ2v) is 5.28. The van der Waals surface area contributed by atoms with E-state index in [4.69, 9.17) is 0 Å². The van der Waals surface area contributed by atoms with E-state index in [1.165, 1.54) is 6.07 Å². The third-order valence-corrected chi connectivity index (χ3v) is 3.60. The van der Waals surface area contributed by atoms with Crippen molar-refractivity contribution in [2.45, 2.75) is 32.7 Å². The van der Waals surface area contributed by atoms with E-state index in [2.05, 4.69) is 10.6 Å². The van der Waals surface area contributed by atoms with Crippen LogP contribution in [0.5, 0.6) is 0 Å². The summed E-state index contributed by atoms with van der Waals surface area (Å²) in [5.41, 5.74) is 1.43. The zero-order chi connectivity index (χ0) is 13.7. The molecule has 1 heterocycles. The van der Waals surface area contributed by atoms with E-state index < -0.39 is 0 Å². The molecule has 1 aliphatic rings. The minimum absolute atomic E-state index is 0.0506. The summed E-state index contributed by atoms with van der Waals surface area (Å²) in [6.07, 6.45) is 2.81. The number of amides is 1. The lowest BCUT2D eigenvalue weighted by molar-refractivity contribution is -0.122. The Morgan fingerprint density at radius 3 is 3.05 bits per heavy atom. The van der Waals surface area contributed by atoms with Crippen molar-refractivity contribution < 1.29 is 9.18 Å². The molecule has 104 valence electrons. The van der Waals surface area contributed by atoms with E-state index >= 15 is 0 Å². The highest BCUT2D eigenvalue weighted by atomic mass is 19.1. The lowest BCUT2D eigenvalue weighted by Gasteiger charge is -2.22. The molecule has 1 aromatic rings. The monoisotopic (exact) mass is 264 g/mol. The molecule has 1 fully saturated rings. The Kier molecular flexibility index (Phi) is 4.91. The molecule has 0 aromatic heterocycles. The zero-order valence-electron chi connectivity index (χ0n) is 11.3. The molecule has 1 aliphatic heterocycles. The number of rotatable bonds is 4. The third-order valence-electron chi connectivity index (χ3n) is 3.60. The fourth-order valence-electron chi connectivity index (χ4n) is 2.38. The number of carbonyl (C=O) groups is 1. The van der Waals surface area contributed by atoms with Crippen LogP contribution in [0.15, 0.2) is 18.2 Å². The average Bonchev–Trinajstić information content (AvgIpc) is 2.41. The Morgan fingerprint density at radius 2 is 2.37 bits per heavy atom. The van der Waals surface area contributed by atoms with Gasteiger partial charge in [-0.05, 0) is 56.0 Å². The molecule has 1 unspecified atom stereocenters. The predicted molar refractivity (Wildman–Crippen MR) is 73.2 cm³/mol. The quantitative estimate of drug-likeness (QED) is 0.875. The number of hydrogen-bond acceptors (Lipinski definition) is 2. The SMILES string of the molecule is Cc1ccc(CNC(=O)CC2CCCNC2)cc1F. The van der Waals surface area contributed by atoms with Crippen LogP contribution in [0, 0.1) is 18.7 Å². The normalized spacial score (nSPS) is 19.2. The number of piperidine rings is 1. The zero-order valence-corrected chi connectivity index (χ0v) is 11.3. The van der Waals surface area contributed by atoms with Gasteiger partial charge in [0, 0.05) is 13.0 Å². The third kappa shape index (κ3) is 4.31. The van der Waals surface area contributed by atoms with E-state index in [1.807, 2.05) is 6.07 Å². The van der Waals surface area contributed by atoms with Gasteiger partial charge in [-0.2, -0.15) is 0 Å². The number of aryl methyl sites for hydroxylation is 1. The molecule has 0 spiro atoms. The molecule has 0 bridgehead atoms. The van der Waals surface area contributed by atoms with Crippen molar-refractivity contribution in [3.05, 3.63) is 35.1 Å². The van der Waals surface area contributed by atoms with E-state index in [1.54, 1.807) is 13.0 Å². The fourth-order valence-corrected chi connectivity index (χ4v) is 2.38. The predicted octanol–water partition coefficient (Wildman–Crippen LogP) is 2.14. The van der Waals surface area contributed by atoms with Crippen molar-refractivity contribution in [3.63, 3.8) is 0 Å².